The Morgan fingerprint density at radius 2 is 0.650 bits per heavy atom. The predicted octanol–water partition coefficient (Wildman–Crippen LogP) is 3.04. The van der Waals surface area contributed by atoms with Gasteiger partial charge in [0.15, 0.2) is 0 Å². The van der Waals surface area contributed by atoms with Crippen LogP contribution in [0.25, 0.3) is 0 Å². The summed E-state index contributed by atoms with van der Waals surface area (Å²) in [5.41, 5.74) is 0. The summed E-state index contributed by atoms with van der Waals surface area (Å²) in [5.74, 6) is 0. The fraction of sp³-hybridized carbons (Fsp3) is 1.00. The highest BCUT2D eigenvalue weighted by Gasteiger charge is 2.35. The van der Waals surface area contributed by atoms with Crippen LogP contribution >= 0.6 is 0 Å². The molecular weight excluding hydrogens is 296 g/mol. The standard InChI is InChI=1S/2C5H14O3Si.2CH4/c2*1-5-9(6-2,7-3)8-4;;/h2*5H2,1-4H3;2*1H4. The van der Waals surface area contributed by atoms with E-state index in [4.69, 9.17) is 26.6 Å². The molecule has 0 aromatic carbocycles. The third-order valence-corrected chi connectivity index (χ3v) is 8.20. The van der Waals surface area contributed by atoms with Gasteiger partial charge in [0, 0.05) is 54.7 Å². The first-order valence-electron chi connectivity index (χ1n) is 5.80. The van der Waals surface area contributed by atoms with Gasteiger partial charge in [-0.15, -0.1) is 0 Å². The fourth-order valence-corrected chi connectivity index (χ4v) is 4.10. The van der Waals surface area contributed by atoms with Gasteiger partial charge in [0.2, 0.25) is 0 Å². The fourth-order valence-electron chi connectivity index (χ4n) is 1.37. The Kier molecular flexibility index (Phi) is 22.1. The molecule has 128 valence electrons. The molecule has 0 rings (SSSR count). The van der Waals surface area contributed by atoms with Crippen molar-refractivity contribution in [3.8, 4) is 0 Å². The molecular formula is C12H36O6Si2. The van der Waals surface area contributed by atoms with Crippen molar-refractivity contribution in [2.24, 2.45) is 0 Å². The minimum Gasteiger partial charge on any atom is -0.377 e. The first-order chi connectivity index (χ1) is 8.49. The highest BCUT2D eigenvalue weighted by Crippen LogP contribution is 2.10. The van der Waals surface area contributed by atoms with Gasteiger partial charge in [-0.25, -0.2) is 0 Å². The largest absolute Gasteiger partial charge is 0.499 e. The van der Waals surface area contributed by atoms with Gasteiger partial charge in [-0.3, -0.25) is 0 Å². The quantitative estimate of drug-likeness (QED) is 0.637. The third-order valence-electron chi connectivity index (χ3n) is 2.73. The molecule has 0 heterocycles. The molecule has 0 aliphatic rings. The molecule has 0 saturated heterocycles. The predicted molar refractivity (Wildman–Crippen MR) is 88.0 cm³/mol. The van der Waals surface area contributed by atoms with Gasteiger partial charge in [0.05, 0.1) is 0 Å². The first kappa shape index (κ1) is 28.4. The summed E-state index contributed by atoms with van der Waals surface area (Å²) >= 11 is 0. The highest BCUT2D eigenvalue weighted by molar-refractivity contribution is 6.60. The Morgan fingerprint density at radius 3 is 0.650 bits per heavy atom. The van der Waals surface area contributed by atoms with Gasteiger partial charge in [-0.05, 0) is 0 Å². The summed E-state index contributed by atoms with van der Waals surface area (Å²) in [4.78, 5) is 0. The third kappa shape index (κ3) is 9.19. The van der Waals surface area contributed by atoms with E-state index < -0.39 is 17.6 Å². The maximum atomic E-state index is 5.08. The maximum absolute atomic E-state index is 5.08. The molecule has 0 N–H and O–H groups in total. The lowest BCUT2D eigenvalue weighted by atomic mass is 11.0. The van der Waals surface area contributed by atoms with E-state index in [2.05, 4.69) is 0 Å². The molecule has 0 aromatic rings. The van der Waals surface area contributed by atoms with Gasteiger partial charge in [-0.1, -0.05) is 28.7 Å². The van der Waals surface area contributed by atoms with Crippen LogP contribution in [-0.4, -0.2) is 60.3 Å². The molecule has 0 atom stereocenters. The smallest absolute Gasteiger partial charge is 0.377 e. The normalized spacial score (nSPS) is 10.8. The van der Waals surface area contributed by atoms with E-state index in [1.807, 2.05) is 13.8 Å². The maximum Gasteiger partial charge on any atom is 0.499 e. The van der Waals surface area contributed by atoms with E-state index in [0.29, 0.717) is 0 Å². The van der Waals surface area contributed by atoms with E-state index in [1.54, 1.807) is 42.7 Å². The second kappa shape index (κ2) is 15.6. The summed E-state index contributed by atoms with van der Waals surface area (Å²) in [5, 5.41) is 0. The minimum atomic E-state index is -2.19. The van der Waals surface area contributed by atoms with Crippen LogP contribution in [0, 0.1) is 0 Å². The molecule has 0 radical (unpaired) electrons. The zero-order valence-corrected chi connectivity index (χ0v) is 14.9. The van der Waals surface area contributed by atoms with Crippen molar-refractivity contribution in [3.63, 3.8) is 0 Å². The van der Waals surface area contributed by atoms with Crippen LogP contribution in [0.15, 0.2) is 0 Å². The summed E-state index contributed by atoms with van der Waals surface area (Å²) < 4.78 is 30.5. The molecule has 20 heavy (non-hydrogen) atoms. The van der Waals surface area contributed by atoms with Gasteiger partial charge in [0.25, 0.3) is 0 Å². The van der Waals surface area contributed by atoms with Crippen LogP contribution in [0.2, 0.25) is 12.1 Å². The molecule has 0 amide bonds. The Bertz CT molecular complexity index is 132. The van der Waals surface area contributed by atoms with Crippen molar-refractivity contribution < 1.29 is 26.6 Å². The number of rotatable bonds is 8. The lowest BCUT2D eigenvalue weighted by Gasteiger charge is -2.22. The Hall–Kier alpha value is 0.194. The monoisotopic (exact) mass is 332 g/mol. The summed E-state index contributed by atoms with van der Waals surface area (Å²) in [7, 11) is 5.30. The van der Waals surface area contributed by atoms with E-state index in [0.717, 1.165) is 12.1 Å². The van der Waals surface area contributed by atoms with E-state index in [-0.39, 0.29) is 14.9 Å². The van der Waals surface area contributed by atoms with Crippen LogP contribution in [0.1, 0.15) is 28.7 Å². The molecule has 0 saturated carbocycles. The van der Waals surface area contributed by atoms with E-state index in [9.17, 15) is 0 Å². The van der Waals surface area contributed by atoms with Crippen LogP contribution in [0.3, 0.4) is 0 Å². The summed E-state index contributed by atoms with van der Waals surface area (Å²) in [6, 6.07) is 1.63. The SMILES string of the molecule is C.C.CC[Si](OC)(OC)OC.CC[Si](OC)(OC)OC. The van der Waals surface area contributed by atoms with Gasteiger partial charge in [0.1, 0.15) is 0 Å². The lowest BCUT2D eigenvalue weighted by molar-refractivity contribution is 0.124. The van der Waals surface area contributed by atoms with Crippen molar-refractivity contribution >= 4 is 17.6 Å². The average Bonchev–Trinajstić information content (AvgIpc) is 2.46. The van der Waals surface area contributed by atoms with E-state index >= 15 is 0 Å². The molecule has 0 aliphatic heterocycles. The molecule has 6 nitrogen and oxygen atoms in total. The van der Waals surface area contributed by atoms with Crippen LogP contribution in [0.4, 0.5) is 0 Å². The van der Waals surface area contributed by atoms with E-state index in [1.165, 1.54) is 0 Å². The topological polar surface area (TPSA) is 55.4 Å². The van der Waals surface area contributed by atoms with Crippen molar-refractivity contribution in [2.45, 2.75) is 40.8 Å². The summed E-state index contributed by atoms with van der Waals surface area (Å²) in [6.45, 7) is 3.98. The molecule has 8 heteroatoms. The van der Waals surface area contributed by atoms with Crippen LogP contribution in [-0.2, 0) is 26.6 Å². The summed E-state index contributed by atoms with van der Waals surface area (Å²) in [6.07, 6.45) is 0. The molecule has 0 spiro atoms. The number of hydrogen-bond donors (Lipinski definition) is 0. The molecule has 0 fully saturated rings. The van der Waals surface area contributed by atoms with Gasteiger partial charge >= 0.3 is 17.6 Å². The van der Waals surface area contributed by atoms with Gasteiger partial charge < -0.3 is 26.6 Å². The van der Waals surface area contributed by atoms with Crippen molar-refractivity contribution in [2.75, 3.05) is 42.7 Å². The van der Waals surface area contributed by atoms with Crippen LogP contribution in [0.5, 0.6) is 0 Å². The highest BCUT2D eigenvalue weighted by atomic mass is 28.4. The second-order valence-corrected chi connectivity index (χ2v) is 9.89. The van der Waals surface area contributed by atoms with Gasteiger partial charge in [-0.2, -0.15) is 0 Å². The van der Waals surface area contributed by atoms with Crippen molar-refractivity contribution in [1.82, 2.24) is 0 Å². The first-order valence-corrected chi connectivity index (χ1v) is 9.66. The molecule has 0 aliphatic carbocycles. The molecule has 0 aromatic heterocycles. The van der Waals surface area contributed by atoms with Crippen molar-refractivity contribution in [1.29, 1.82) is 0 Å². The minimum absolute atomic E-state index is 0. The molecule has 0 unspecified atom stereocenters. The zero-order chi connectivity index (χ0) is 14.7. The second-order valence-electron chi connectivity index (χ2n) is 3.30. The Balaban J connectivity index is -0.000000116. The Morgan fingerprint density at radius 1 is 0.500 bits per heavy atom. The number of hydrogen-bond acceptors (Lipinski definition) is 6. The van der Waals surface area contributed by atoms with Crippen LogP contribution < -0.4 is 0 Å². The zero-order valence-electron chi connectivity index (χ0n) is 12.9. The van der Waals surface area contributed by atoms with Crippen molar-refractivity contribution in [3.05, 3.63) is 0 Å². The Labute approximate surface area is 128 Å². The molecule has 0 bridgehead atoms. The average molecular weight is 333 g/mol. The lowest BCUT2D eigenvalue weighted by Crippen LogP contribution is -2.41.